The Kier molecular flexibility index (Phi) is 1.65. The van der Waals surface area contributed by atoms with E-state index in [0.717, 1.165) is 17.5 Å². The summed E-state index contributed by atoms with van der Waals surface area (Å²) in [4.78, 5) is 0. The molecule has 0 saturated carbocycles. The summed E-state index contributed by atoms with van der Waals surface area (Å²) < 4.78 is 3.59. The van der Waals surface area contributed by atoms with Crippen LogP contribution in [0.3, 0.4) is 0 Å². The number of rotatable bonds is 1. The van der Waals surface area contributed by atoms with Crippen molar-refractivity contribution in [3.05, 3.63) is 23.8 Å². The van der Waals surface area contributed by atoms with Crippen LogP contribution in [0.5, 0.6) is 0 Å². The summed E-state index contributed by atoms with van der Waals surface area (Å²) in [5.74, 6) is 1.58. The predicted octanol–water partition coefficient (Wildman–Crippen LogP) is 0.418. The summed E-state index contributed by atoms with van der Waals surface area (Å²) in [5, 5.41) is 12.1. The topological polar surface area (TPSA) is 48.5 Å². The first kappa shape index (κ1) is 7.97. The van der Waals surface area contributed by atoms with E-state index >= 15 is 0 Å². The Hall–Kier alpha value is -1.65. The Bertz CT molecular complexity index is 425. The zero-order valence-corrected chi connectivity index (χ0v) is 7.81. The molecule has 0 amide bonds. The van der Waals surface area contributed by atoms with Gasteiger partial charge in [0.15, 0.2) is 0 Å². The maximum absolute atomic E-state index is 4.10. The minimum atomic E-state index is 0.719. The lowest BCUT2D eigenvalue weighted by Gasteiger charge is -2.02. The van der Waals surface area contributed by atoms with Gasteiger partial charge >= 0.3 is 0 Å². The average molecular weight is 176 g/mol. The van der Waals surface area contributed by atoms with Crippen LogP contribution in [0.4, 0.5) is 0 Å². The van der Waals surface area contributed by atoms with Gasteiger partial charge in [-0.25, -0.2) is 4.68 Å². The summed E-state index contributed by atoms with van der Waals surface area (Å²) >= 11 is 0. The molecule has 67 valence electrons. The van der Waals surface area contributed by atoms with Gasteiger partial charge < -0.3 is 0 Å². The molecule has 2 rings (SSSR count). The average Bonchev–Trinajstić information content (AvgIpc) is 2.62. The van der Waals surface area contributed by atoms with Gasteiger partial charge in [-0.3, -0.25) is 4.57 Å². The van der Waals surface area contributed by atoms with Crippen LogP contribution in [-0.2, 0) is 7.05 Å². The molecule has 0 aliphatic rings. The molecule has 0 aromatic carbocycles. The van der Waals surface area contributed by atoms with E-state index in [0.29, 0.717) is 0 Å². The minimum absolute atomic E-state index is 0.719. The van der Waals surface area contributed by atoms with Crippen molar-refractivity contribution < 1.29 is 0 Å². The minimum Gasteiger partial charge on any atom is -0.299 e. The molecule has 0 saturated heterocycles. The molecule has 0 atom stereocenters. The largest absolute Gasteiger partial charge is 0.299 e. The molecule has 1 radical (unpaired) electrons. The fourth-order valence-corrected chi connectivity index (χ4v) is 1.11. The van der Waals surface area contributed by atoms with Crippen LogP contribution < -0.4 is 0 Å². The number of aromatic nitrogens is 5. The van der Waals surface area contributed by atoms with Crippen LogP contribution in [0, 0.1) is 19.9 Å². The molecule has 0 aliphatic heterocycles. The molecule has 0 spiro atoms. The zero-order valence-electron chi connectivity index (χ0n) is 7.81. The SMILES string of the molecule is Cc1[c]cnn1-c1nnc(C)n1C. The van der Waals surface area contributed by atoms with E-state index < -0.39 is 0 Å². The van der Waals surface area contributed by atoms with E-state index in [-0.39, 0.29) is 0 Å². The molecule has 2 aromatic heterocycles. The maximum Gasteiger partial charge on any atom is 0.251 e. The third-order valence-corrected chi connectivity index (χ3v) is 2.02. The van der Waals surface area contributed by atoms with Crippen molar-refractivity contribution in [2.45, 2.75) is 13.8 Å². The summed E-state index contributed by atoms with van der Waals surface area (Å²) in [5.41, 5.74) is 0.926. The fraction of sp³-hybridized carbons (Fsp3) is 0.375. The molecule has 5 heteroatoms. The summed E-state index contributed by atoms with van der Waals surface area (Å²) in [6.45, 7) is 3.83. The number of aryl methyl sites for hydroxylation is 2. The molecule has 0 bridgehead atoms. The van der Waals surface area contributed by atoms with E-state index in [1.54, 1.807) is 10.9 Å². The van der Waals surface area contributed by atoms with E-state index in [4.69, 9.17) is 0 Å². The summed E-state index contributed by atoms with van der Waals surface area (Å²) in [6.07, 6.45) is 1.62. The molecule has 0 aliphatic carbocycles. The van der Waals surface area contributed by atoms with Gasteiger partial charge in [0.05, 0.1) is 11.9 Å². The lowest BCUT2D eigenvalue weighted by atomic mass is 10.5. The second-order valence-corrected chi connectivity index (χ2v) is 2.89. The van der Waals surface area contributed by atoms with E-state index in [9.17, 15) is 0 Å². The van der Waals surface area contributed by atoms with E-state index in [1.165, 1.54) is 0 Å². The highest BCUT2D eigenvalue weighted by molar-refractivity contribution is 5.15. The lowest BCUT2D eigenvalue weighted by molar-refractivity contribution is 0.723. The number of hydrogen-bond donors (Lipinski definition) is 0. The van der Waals surface area contributed by atoms with Crippen molar-refractivity contribution in [3.63, 3.8) is 0 Å². The Morgan fingerprint density at radius 1 is 1.31 bits per heavy atom. The summed E-state index contributed by atoms with van der Waals surface area (Å²) in [7, 11) is 1.91. The Balaban J connectivity index is 2.59. The molecular formula is C8H10N5. The first-order chi connectivity index (χ1) is 6.20. The van der Waals surface area contributed by atoms with Gasteiger partial charge in [-0.05, 0) is 13.8 Å². The highest BCUT2D eigenvalue weighted by Crippen LogP contribution is 2.06. The van der Waals surface area contributed by atoms with Crippen molar-refractivity contribution in [2.75, 3.05) is 0 Å². The third-order valence-electron chi connectivity index (χ3n) is 2.02. The highest BCUT2D eigenvalue weighted by atomic mass is 15.4. The fourth-order valence-electron chi connectivity index (χ4n) is 1.11. The van der Waals surface area contributed by atoms with Gasteiger partial charge in [-0.2, -0.15) is 5.10 Å². The Labute approximate surface area is 76.0 Å². The van der Waals surface area contributed by atoms with Gasteiger partial charge in [0.25, 0.3) is 5.95 Å². The van der Waals surface area contributed by atoms with Gasteiger partial charge in [-0.1, -0.05) is 0 Å². The molecule has 0 N–H and O–H groups in total. The zero-order chi connectivity index (χ0) is 9.42. The van der Waals surface area contributed by atoms with Crippen LogP contribution in [0.2, 0.25) is 0 Å². The van der Waals surface area contributed by atoms with Gasteiger partial charge in [0.1, 0.15) is 5.82 Å². The van der Waals surface area contributed by atoms with Gasteiger partial charge in [0.2, 0.25) is 0 Å². The highest BCUT2D eigenvalue weighted by Gasteiger charge is 2.08. The second-order valence-electron chi connectivity index (χ2n) is 2.89. The molecule has 2 aromatic rings. The quantitative estimate of drug-likeness (QED) is 0.632. The first-order valence-corrected chi connectivity index (χ1v) is 3.99. The summed E-state index contributed by atoms with van der Waals surface area (Å²) in [6, 6.07) is 2.97. The van der Waals surface area contributed by atoms with Gasteiger partial charge in [-0.15, -0.1) is 10.2 Å². The van der Waals surface area contributed by atoms with Crippen LogP contribution in [0.25, 0.3) is 5.95 Å². The molecular weight excluding hydrogens is 166 g/mol. The Morgan fingerprint density at radius 3 is 2.54 bits per heavy atom. The van der Waals surface area contributed by atoms with Crippen LogP contribution in [0.15, 0.2) is 6.20 Å². The first-order valence-electron chi connectivity index (χ1n) is 3.99. The van der Waals surface area contributed by atoms with Crippen molar-refractivity contribution >= 4 is 0 Å². The maximum atomic E-state index is 4.10. The molecule has 13 heavy (non-hydrogen) atoms. The smallest absolute Gasteiger partial charge is 0.251 e. The molecule has 0 fully saturated rings. The van der Waals surface area contributed by atoms with E-state index in [1.807, 2.05) is 25.5 Å². The molecule has 0 unspecified atom stereocenters. The lowest BCUT2D eigenvalue weighted by Crippen LogP contribution is -2.06. The number of nitrogens with zero attached hydrogens (tertiary/aromatic N) is 5. The standard InChI is InChI=1S/C8H10N5/c1-6-4-5-9-13(6)8-11-10-7(2)12(8)3/h5H,1-3H3. The van der Waals surface area contributed by atoms with Gasteiger partial charge in [0, 0.05) is 13.1 Å². The normalized spacial score (nSPS) is 10.7. The van der Waals surface area contributed by atoms with Crippen molar-refractivity contribution in [1.29, 1.82) is 0 Å². The molecule has 5 nitrogen and oxygen atoms in total. The molecule has 2 heterocycles. The van der Waals surface area contributed by atoms with Crippen molar-refractivity contribution in [3.8, 4) is 5.95 Å². The van der Waals surface area contributed by atoms with Crippen LogP contribution in [0.1, 0.15) is 11.5 Å². The Morgan fingerprint density at radius 2 is 2.08 bits per heavy atom. The van der Waals surface area contributed by atoms with E-state index in [2.05, 4.69) is 21.4 Å². The monoisotopic (exact) mass is 176 g/mol. The van der Waals surface area contributed by atoms with Crippen molar-refractivity contribution in [1.82, 2.24) is 24.5 Å². The second kappa shape index (κ2) is 2.69. The van der Waals surface area contributed by atoms with Crippen LogP contribution >= 0.6 is 0 Å². The predicted molar refractivity (Wildman–Crippen MR) is 46.4 cm³/mol. The van der Waals surface area contributed by atoms with Crippen molar-refractivity contribution in [2.24, 2.45) is 7.05 Å². The van der Waals surface area contributed by atoms with Crippen LogP contribution in [-0.4, -0.2) is 24.5 Å². The third kappa shape index (κ3) is 1.12. The number of hydrogen-bond acceptors (Lipinski definition) is 3.